The van der Waals surface area contributed by atoms with Crippen molar-refractivity contribution in [3.8, 4) is 0 Å². The Hall–Kier alpha value is -3.12. The number of imidazole rings is 1. The number of carboxylic acids is 1. The molecule has 0 amide bonds. The zero-order valence-corrected chi connectivity index (χ0v) is 22.4. The van der Waals surface area contributed by atoms with E-state index in [-0.39, 0.29) is 33.7 Å². The van der Waals surface area contributed by atoms with Crippen LogP contribution >= 0.6 is 23.4 Å². The van der Waals surface area contributed by atoms with Gasteiger partial charge in [-0.3, -0.25) is 4.79 Å². The number of aromatic amines is 1. The average Bonchev–Trinajstić information content (AvgIpc) is 3.50. The average molecular weight is 572 g/mol. The molecule has 4 aromatic rings. The maximum atomic E-state index is 15.4. The number of carboxylic acid groups (broad SMARTS) is 1. The van der Waals surface area contributed by atoms with Crippen molar-refractivity contribution in [3.05, 3.63) is 63.2 Å². The normalized spacial score (nSPS) is 18.3. The Morgan fingerprint density at radius 1 is 1.31 bits per heavy atom. The Labute approximate surface area is 232 Å². The predicted octanol–water partition coefficient (Wildman–Crippen LogP) is 4.02. The highest BCUT2D eigenvalue weighted by Gasteiger charge is 2.32. The Bertz CT molecular complexity index is 1610. The number of halogens is 2. The lowest BCUT2D eigenvalue weighted by Gasteiger charge is -2.24. The number of para-hydroxylation sites is 2. The third-order valence-corrected chi connectivity index (χ3v) is 8.66. The van der Waals surface area contributed by atoms with E-state index in [1.807, 2.05) is 29.2 Å². The second-order valence-electron chi connectivity index (χ2n) is 10.1. The second-order valence-corrected chi connectivity index (χ2v) is 11.5. The highest BCUT2D eigenvalue weighted by atomic mass is 35.5. The van der Waals surface area contributed by atoms with Crippen LogP contribution in [0.15, 0.2) is 46.5 Å². The molecule has 1 aliphatic heterocycles. The molecule has 1 aliphatic carbocycles. The van der Waals surface area contributed by atoms with Crippen LogP contribution in [0.4, 0.5) is 10.1 Å². The number of benzene rings is 2. The van der Waals surface area contributed by atoms with E-state index >= 15 is 4.39 Å². The monoisotopic (exact) mass is 571 g/mol. The van der Waals surface area contributed by atoms with Gasteiger partial charge in [-0.2, -0.15) is 0 Å². The summed E-state index contributed by atoms with van der Waals surface area (Å²) in [5, 5.41) is 24.2. The fourth-order valence-corrected chi connectivity index (χ4v) is 6.40. The number of nitrogens with zero attached hydrogens (tertiary/aromatic N) is 3. The topological polar surface area (TPSA) is 123 Å². The molecule has 39 heavy (non-hydrogen) atoms. The van der Waals surface area contributed by atoms with Gasteiger partial charge in [0.05, 0.1) is 38.8 Å². The maximum absolute atomic E-state index is 15.4. The van der Waals surface area contributed by atoms with E-state index in [1.54, 1.807) is 4.57 Å². The summed E-state index contributed by atoms with van der Waals surface area (Å²) in [6, 6.07) is 8.93. The number of rotatable bonds is 9. The van der Waals surface area contributed by atoms with Gasteiger partial charge in [-0.1, -0.05) is 35.5 Å². The molecule has 2 aliphatic rings. The van der Waals surface area contributed by atoms with Gasteiger partial charge >= 0.3 is 5.97 Å². The quantitative estimate of drug-likeness (QED) is 0.222. The zero-order chi connectivity index (χ0) is 27.3. The van der Waals surface area contributed by atoms with Crippen molar-refractivity contribution in [2.75, 3.05) is 30.3 Å². The minimum absolute atomic E-state index is 0.0158. The van der Waals surface area contributed by atoms with Crippen LogP contribution in [0.5, 0.6) is 0 Å². The lowest BCUT2D eigenvalue weighted by Crippen LogP contribution is -2.38. The van der Waals surface area contributed by atoms with Gasteiger partial charge < -0.3 is 30.0 Å². The lowest BCUT2D eigenvalue weighted by molar-refractivity contribution is 0.0694. The molecule has 12 heteroatoms. The molecule has 2 aromatic heterocycles. The van der Waals surface area contributed by atoms with Gasteiger partial charge in [-0.05, 0) is 37.5 Å². The molecule has 6 rings (SSSR count). The number of anilines is 1. The van der Waals surface area contributed by atoms with E-state index in [9.17, 15) is 19.8 Å². The molecule has 1 saturated carbocycles. The number of carbonyl (C=O) groups is 1. The molecule has 2 unspecified atom stereocenters. The van der Waals surface area contributed by atoms with Crippen molar-refractivity contribution in [2.24, 2.45) is 0 Å². The Balaban J connectivity index is 1.14. The molecule has 1 saturated heterocycles. The Morgan fingerprint density at radius 2 is 2.10 bits per heavy atom. The highest BCUT2D eigenvalue weighted by molar-refractivity contribution is 7.99. The number of aliphatic hydroxyl groups excluding tert-OH is 1. The van der Waals surface area contributed by atoms with E-state index in [1.165, 1.54) is 18.0 Å². The van der Waals surface area contributed by atoms with Crippen LogP contribution < -0.4 is 15.6 Å². The molecule has 0 bridgehead atoms. The van der Waals surface area contributed by atoms with Crippen molar-refractivity contribution in [1.82, 2.24) is 19.9 Å². The molecule has 9 nitrogen and oxygen atoms in total. The fraction of sp³-hybridized carbons (Fsp3) is 0.370. The number of fused-ring (bicyclic) bond motifs is 2. The van der Waals surface area contributed by atoms with Crippen LogP contribution in [0.25, 0.3) is 21.9 Å². The van der Waals surface area contributed by atoms with Gasteiger partial charge in [0.15, 0.2) is 5.16 Å². The number of H-pyrrole nitrogens is 1. The van der Waals surface area contributed by atoms with Crippen molar-refractivity contribution >= 4 is 57.0 Å². The van der Waals surface area contributed by atoms with Gasteiger partial charge in [-0.25, -0.2) is 14.2 Å². The molecule has 0 spiro atoms. The van der Waals surface area contributed by atoms with Crippen LogP contribution in [0, 0.1) is 5.82 Å². The maximum Gasteiger partial charge on any atom is 0.341 e. The standard InChI is InChI=1S/C27H27ClFN5O4S/c28-22-23-17(25(36)18(26(37)38)12-34(23)15-5-6-15)9-19(29)24(22)33-8-7-14(11-33)30-10-16(35)13-39-27-31-20-3-1-2-4-21(20)32-27/h1-4,9,12,14-16,30,35H,5-8,10-11,13H2,(H,31,32)(H,37,38). The summed E-state index contributed by atoms with van der Waals surface area (Å²) in [6.07, 6.45) is 3.14. The van der Waals surface area contributed by atoms with Gasteiger partial charge in [0.25, 0.3) is 0 Å². The Kier molecular flexibility index (Phi) is 7.00. The highest BCUT2D eigenvalue weighted by Crippen LogP contribution is 2.42. The molecule has 3 heterocycles. The van der Waals surface area contributed by atoms with Crippen molar-refractivity contribution in [3.63, 3.8) is 0 Å². The summed E-state index contributed by atoms with van der Waals surface area (Å²) < 4.78 is 17.1. The first kappa shape index (κ1) is 26.1. The molecule has 0 radical (unpaired) electrons. The van der Waals surface area contributed by atoms with Gasteiger partial charge in [0.2, 0.25) is 5.43 Å². The van der Waals surface area contributed by atoms with E-state index in [0.717, 1.165) is 41.5 Å². The first-order valence-electron chi connectivity index (χ1n) is 12.8. The number of thioether (sulfide) groups is 1. The number of aliphatic hydroxyl groups is 1. The predicted molar refractivity (Wildman–Crippen MR) is 150 cm³/mol. The summed E-state index contributed by atoms with van der Waals surface area (Å²) in [4.78, 5) is 34.0. The number of aromatic nitrogens is 3. The molecule has 4 N–H and O–H groups in total. The lowest BCUT2D eigenvalue weighted by atomic mass is 10.1. The number of pyridine rings is 1. The largest absolute Gasteiger partial charge is 0.477 e. The van der Waals surface area contributed by atoms with E-state index in [4.69, 9.17) is 11.6 Å². The van der Waals surface area contributed by atoms with Crippen LogP contribution in [0.1, 0.15) is 35.7 Å². The molecule has 204 valence electrons. The Morgan fingerprint density at radius 3 is 2.85 bits per heavy atom. The molecular formula is C27H27ClFN5O4S. The number of hydrogen-bond donors (Lipinski definition) is 4. The third kappa shape index (κ3) is 5.11. The molecule has 2 fully saturated rings. The van der Waals surface area contributed by atoms with Gasteiger partial charge in [0.1, 0.15) is 11.4 Å². The smallest absolute Gasteiger partial charge is 0.341 e. The summed E-state index contributed by atoms with van der Waals surface area (Å²) in [5.41, 5.74) is 1.30. The van der Waals surface area contributed by atoms with E-state index < -0.39 is 23.3 Å². The molecule has 2 atom stereocenters. The van der Waals surface area contributed by atoms with Crippen molar-refractivity contribution in [2.45, 2.75) is 42.6 Å². The SMILES string of the molecule is O=C(O)c1cn(C2CC2)c2c(Cl)c(N3CCC(NCC(O)CSc4nc5ccccc5[nH]4)C3)c(F)cc2c1=O. The number of nitrogens with one attached hydrogen (secondary N) is 2. The molecule has 2 aromatic carbocycles. The van der Waals surface area contributed by atoms with Crippen LogP contribution in [-0.4, -0.2) is 68.3 Å². The van der Waals surface area contributed by atoms with E-state index in [2.05, 4.69) is 15.3 Å². The summed E-state index contributed by atoms with van der Waals surface area (Å²) >= 11 is 8.20. The first-order valence-corrected chi connectivity index (χ1v) is 14.2. The first-order chi connectivity index (χ1) is 18.8. The minimum atomic E-state index is -1.34. The van der Waals surface area contributed by atoms with Crippen LogP contribution in [0.3, 0.4) is 0 Å². The van der Waals surface area contributed by atoms with Crippen LogP contribution in [-0.2, 0) is 0 Å². The van der Waals surface area contributed by atoms with Gasteiger partial charge in [0, 0.05) is 43.7 Å². The van der Waals surface area contributed by atoms with Crippen LogP contribution in [0.2, 0.25) is 5.02 Å². The number of hydrogen-bond acceptors (Lipinski definition) is 7. The summed E-state index contributed by atoms with van der Waals surface area (Å²) in [5.74, 6) is -1.54. The van der Waals surface area contributed by atoms with Crippen molar-refractivity contribution < 1.29 is 19.4 Å². The summed E-state index contributed by atoms with van der Waals surface area (Å²) in [6.45, 7) is 1.40. The van der Waals surface area contributed by atoms with E-state index in [0.29, 0.717) is 30.9 Å². The third-order valence-electron chi connectivity index (χ3n) is 7.28. The number of aromatic carboxylic acids is 1. The minimum Gasteiger partial charge on any atom is -0.477 e. The summed E-state index contributed by atoms with van der Waals surface area (Å²) in [7, 11) is 0. The molecular weight excluding hydrogens is 545 g/mol. The zero-order valence-electron chi connectivity index (χ0n) is 20.9. The van der Waals surface area contributed by atoms with Gasteiger partial charge in [-0.15, -0.1) is 0 Å². The van der Waals surface area contributed by atoms with Crippen molar-refractivity contribution in [1.29, 1.82) is 0 Å². The fourth-order valence-electron chi connectivity index (χ4n) is 5.18. The second kappa shape index (κ2) is 10.5.